The van der Waals surface area contributed by atoms with Crippen molar-refractivity contribution in [2.75, 3.05) is 0 Å². The highest BCUT2D eigenvalue weighted by atomic mass is 32.1. The van der Waals surface area contributed by atoms with E-state index in [1.54, 1.807) is 11.3 Å². The molecule has 0 spiro atoms. The topological polar surface area (TPSA) is 38.9 Å². The Bertz CT molecular complexity index is 361. The standard InChI is InChI=1S/C13H22N2S/c1-9-4-5-13(14,6-10(9)2)7-12-8-16-11(3)15-12/h8-10H,4-7,14H2,1-3H3. The molecule has 16 heavy (non-hydrogen) atoms. The number of hydrogen-bond acceptors (Lipinski definition) is 3. The van der Waals surface area contributed by atoms with Gasteiger partial charge in [0.2, 0.25) is 0 Å². The first-order valence-electron chi connectivity index (χ1n) is 6.18. The van der Waals surface area contributed by atoms with Crippen molar-refractivity contribution < 1.29 is 0 Å². The summed E-state index contributed by atoms with van der Waals surface area (Å²) in [6.45, 7) is 6.73. The van der Waals surface area contributed by atoms with Crippen molar-refractivity contribution in [3.63, 3.8) is 0 Å². The largest absolute Gasteiger partial charge is 0.325 e. The van der Waals surface area contributed by atoms with Crippen LogP contribution in [0.3, 0.4) is 0 Å². The molecule has 3 heteroatoms. The molecule has 1 aliphatic rings. The third-order valence-corrected chi connectivity index (χ3v) is 4.82. The minimum absolute atomic E-state index is 0.00750. The van der Waals surface area contributed by atoms with E-state index in [0.717, 1.165) is 36.1 Å². The highest BCUT2D eigenvalue weighted by molar-refractivity contribution is 7.09. The van der Waals surface area contributed by atoms with E-state index in [0.29, 0.717) is 0 Å². The van der Waals surface area contributed by atoms with Crippen LogP contribution in [0.2, 0.25) is 0 Å². The minimum Gasteiger partial charge on any atom is -0.325 e. The third-order valence-electron chi connectivity index (χ3n) is 4.00. The van der Waals surface area contributed by atoms with E-state index in [4.69, 9.17) is 5.73 Å². The lowest BCUT2D eigenvalue weighted by Gasteiger charge is -2.40. The van der Waals surface area contributed by atoms with Gasteiger partial charge in [-0.05, 0) is 38.0 Å². The maximum absolute atomic E-state index is 6.52. The molecule has 1 aromatic rings. The zero-order valence-electron chi connectivity index (χ0n) is 10.5. The summed E-state index contributed by atoms with van der Waals surface area (Å²) >= 11 is 1.73. The Labute approximate surface area is 102 Å². The summed E-state index contributed by atoms with van der Waals surface area (Å²) in [4.78, 5) is 4.53. The fraction of sp³-hybridized carbons (Fsp3) is 0.769. The summed E-state index contributed by atoms with van der Waals surface area (Å²) in [5, 5.41) is 3.31. The fourth-order valence-electron chi connectivity index (χ4n) is 2.75. The van der Waals surface area contributed by atoms with Crippen LogP contribution < -0.4 is 5.73 Å². The van der Waals surface area contributed by atoms with Gasteiger partial charge in [-0.25, -0.2) is 4.98 Å². The van der Waals surface area contributed by atoms with Gasteiger partial charge < -0.3 is 5.73 Å². The van der Waals surface area contributed by atoms with Gasteiger partial charge in [0.15, 0.2) is 0 Å². The SMILES string of the molecule is Cc1nc(CC2(N)CCC(C)C(C)C2)cs1. The number of aromatic nitrogens is 1. The zero-order chi connectivity index (χ0) is 11.8. The molecule has 2 rings (SSSR count). The van der Waals surface area contributed by atoms with Gasteiger partial charge >= 0.3 is 0 Å². The number of aryl methyl sites for hydroxylation is 1. The zero-order valence-corrected chi connectivity index (χ0v) is 11.3. The maximum Gasteiger partial charge on any atom is 0.0897 e. The molecule has 3 atom stereocenters. The summed E-state index contributed by atoms with van der Waals surface area (Å²) in [5.74, 6) is 1.58. The predicted octanol–water partition coefficient (Wildman–Crippen LogP) is 3.15. The average molecular weight is 238 g/mol. The van der Waals surface area contributed by atoms with Crippen molar-refractivity contribution >= 4 is 11.3 Å². The molecule has 0 bridgehead atoms. The van der Waals surface area contributed by atoms with E-state index in [2.05, 4.69) is 31.1 Å². The average Bonchev–Trinajstić information content (AvgIpc) is 2.58. The molecule has 1 saturated carbocycles. The Morgan fingerprint density at radius 1 is 1.50 bits per heavy atom. The molecule has 1 aromatic heterocycles. The van der Waals surface area contributed by atoms with Gasteiger partial charge in [-0.1, -0.05) is 13.8 Å². The summed E-state index contributed by atoms with van der Waals surface area (Å²) in [6.07, 6.45) is 4.51. The third kappa shape index (κ3) is 2.64. The molecule has 0 aliphatic heterocycles. The molecule has 0 amide bonds. The number of nitrogens with zero attached hydrogens (tertiary/aromatic N) is 1. The number of rotatable bonds is 2. The second-order valence-corrected chi connectivity index (χ2v) is 6.66. The van der Waals surface area contributed by atoms with Crippen molar-refractivity contribution in [1.82, 2.24) is 4.98 Å². The smallest absolute Gasteiger partial charge is 0.0897 e. The first kappa shape index (κ1) is 12.1. The second-order valence-electron chi connectivity index (χ2n) is 5.59. The van der Waals surface area contributed by atoms with Gasteiger partial charge in [-0.3, -0.25) is 0 Å². The van der Waals surface area contributed by atoms with Crippen molar-refractivity contribution in [3.8, 4) is 0 Å². The highest BCUT2D eigenvalue weighted by Crippen LogP contribution is 2.36. The summed E-state index contributed by atoms with van der Waals surface area (Å²) in [5.41, 5.74) is 7.70. The van der Waals surface area contributed by atoms with Crippen LogP contribution in [0.1, 0.15) is 43.8 Å². The van der Waals surface area contributed by atoms with Crippen LogP contribution in [0.4, 0.5) is 0 Å². The summed E-state index contributed by atoms with van der Waals surface area (Å²) in [6, 6.07) is 0. The van der Waals surface area contributed by atoms with Gasteiger partial charge in [0.25, 0.3) is 0 Å². The first-order chi connectivity index (χ1) is 7.48. The number of nitrogens with two attached hydrogens (primary N) is 1. The molecule has 2 nitrogen and oxygen atoms in total. The number of hydrogen-bond donors (Lipinski definition) is 1. The van der Waals surface area contributed by atoms with Gasteiger partial charge in [0.05, 0.1) is 10.7 Å². The van der Waals surface area contributed by atoms with Crippen LogP contribution >= 0.6 is 11.3 Å². The van der Waals surface area contributed by atoms with Crippen molar-refractivity contribution in [1.29, 1.82) is 0 Å². The highest BCUT2D eigenvalue weighted by Gasteiger charge is 2.34. The molecular weight excluding hydrogens is 216 g/mol. The predicted molar refractivity (Wildman–Crippen MR) is 69.7 cm³/mol. The Morgan fingerprint density at radius 3 is 2.81 bits per heavy atom. The molecule has 2 N–H and O–H groups in total. The lowest BCUT2D eigenvalue weighted by Crippen LogP contribution is -2.47. The lowest BCUT2D eigenvalue weighted by molar-refractivity contribution is 0.175. The molecule has 3 unspecified atom stereocenters. The Hall–Kier alpha value is -0.410. The quantitative estimate of drug-likeness (QED) is 0.859. The van der Waals surface area contributed by atoms with Crippen LogP contribution in [0.25, 0.3) is 0 Å². The van der Waals surface area contributed by atoms with Crippen molar-refractivity contribution in [2.45, 2.75) is 52.0 Å². The molecule has 1 fully saturated rings. The van der Waals surface area contributed by atoms with Gasteiger partial charge in [-0.15, -0.1) is 11.3 Å². The van der Waals surface area contributed by atoms with E-state index in [-0.39, 0.29) is 5.54 Å². The Balaban J connectivity index is 2.03. The van der Waals surface area contributed by atoms with Gasteiger partial charge in [0, 0.05) is 17.3 Å². The molecule has 1 heterocycles. The molecule has 0 aromatic carbocycles. The van der Waals surface area contributed by atoms with Crippen LogP contribution in [-0.2, 0) is 6.42 Å². The normalized spacial score (nSPS) is 35.2. The summed E-state index contributed by atoms with van der Waals surface area (Å²) in [7, 11) is 0. The monoisotopic (exact) mass is 238 g/mol. The Kier molecular flexibility index (Phi) is 3.36. The number of thiazole rings is 1. The molecule has 1 aliphatic carbocycles. The van der Waals surface area contributed by atoms with E-state index in [9.17, 15) is 0 Å². The van der Waals surface area contributed by atoms with Crippen LogP contribution in [0, 0.1) is 18.8 Å². The fourth-order valence-corrected chi connectivity index (χ4v) is 3.37. The Morgan fingerprint density at radius 2 is 2.25 bits per heavy atom. The van der Waals surface area contributed by atoms with E-state index >= 15 is 0 Å². The maximum atomic E-state index is 6.52. The summed E-state index contributed by atoms with van der Waals surface area (Å²) < 4.78 is 0. The van der Waals surface area contributed by atoms with E-state index < -0.39 is 0 Å². The van der Waals surface area contributed by atoms with Crippen LogP contribution in [-0.4, -0.2) is 10.5 Å². The van der Waals surface area contributed by atoms with Crippen molar-refractivity contribution in [2.24, 2.45) is 17.6 Å². The molecule has 90 valence electrons. The van der Waals surface area contributed by atoms with E-state index in [1.165, 1.54) is 12.1 Å². The molecule has 0 saturated heterocycles. The first-order valence-corrected chi connectivity index (χ1v) is 7.06. The lowest BCUT2D eigenvalue weighted by atomic mass is 9.70. The minimum atomic E-state index is -0.00750. The van der Waals surface area contributed by atoms with Crippen LogP contribution in [0.15, 0.2) is 5.38 Å². The molecular formula is C13H22N2S. The second kappa shape index (κ2) is 4.46. The van der Waals surface area contributed by atoms with Gasteiger partial charge in [-0.2, -0.15) is 0 Å². The van der Waals surface area contributed by atoms with Crippen LogP contribution in [0.5, 0.6) is 0 Å². The van der Waals surface area contributed by atoms with E-state index in [1.807, 2.05) is 0 Å². The molecule has 0 radical (unpaired) electrons. The van der Waals surface area contributed by atoms with Crippen molar-refractivity contribution in [3.05, 3.63) is 16.1 Å². The van der Waals surface area contributed by atoms with Gasteiger partial charge in [0.1, 0.15) is 0 Å².